The summed E-state index contributed by atoms with van der Waals surface area (Å²) in [4.78, 5) is 15.8. The Labute approximate surface area is 120 Å². The minimum Gasteiger partial charge on any atom is -0.464 e. The zero-order chi connectivity index (χ0) is 14.0. The Morgan fingerprint density at radius 3 is 2.68 bits per heavy atom. The fourth-order valence-corrected chi connectivity index (χ4v) is 1.94. The van der Waals surface area contributed by atoms with E-state index in [1.807, 2.05) is 6.07 Å². The maximum Gasteiger partial charge on any atom is 0.358 e. The quantitative estimate of drug-likeness (QED) is 0.862. The number of carbonyl (C=O) groups excluding carboxylic acids is 1. The molecule has 0 aliphatic heterocycles. The maximum atomic E-state index is 11.6. The highest BCUT2D eigenvalue weighted by Crippen LogP contribution is 2.29. The second-order valence-corrected chi connectivity index (χ2v) is 4.58. The van der Waals surface area contributed by atoms with Crippen LogP contribution in [0.1, 0.15) is 10.5 Å². The van der Waals surface area contributed by atoms with E-state index in [4.69, 9.17) is 28.9 Å². The number of pyridine rings is 1. The van der Waals surface area contributed by atoms with Gasteiger partial charge in [-0.3, -0.25) is 0 Å². The van der Waals surface area contributed by atoms with Gasteiger partial charge in [-0.05, 0) is 18.2 Å². The number of ether oxygens (including phenoxy) is 1. The van der Waals surface area contributed by atoms with Crippen LogP contribution in [0, 0.1) is 0 Å². The molecule has 98 valence electrons. The van der Waals surface area contributed by atoms with Crippen LogP contribution >= 0.6 is 23.2 Å². The Morgan fingerprint density at radius 2 is 2.05 bits per heavy atom. The van der Waals surface area contributed by atoms with Crippen LogP contribution in [0.2, 0.25) is 10.0 Å². The number of hydrogen-bond acceptors (Lipinski definition) is 4. The Balaban J connectivity index is 2.60. The number of hydrogen-bond donors (Lipinski definition) is 1. The van der Waals surface area contributed by atoms with E-state index in [1.54, 1.807) is 24.3 Å². The van der Waals surface area contributed by atoms with Crippen molar-refractivity contribution in [2.45, 2.75) is 0 Å². The standard InChI is InChI=1S/C13H10Cl2N2O2/c1-19-13(18)12-11(15)9(16)6-10(17-12)7-3-2-4-8(14)5-7/h2-6H,1H3,(H2,16,17). The van der Waals surface area contributed by atoms with Crippen LogP contribution in [0.5, 0.6) is 0 Å². The molecule has 0 bridgehead atoms. The lowest BCUT2D eigenvalue weighted by molar-refractivity contribution is 0.0594. The van der Waals surface area contributed by atoms with Crippen LogP contribution in [0.3, 0.4) is 0 Å². The molecule has 0 atom stereocenters. The first kappa shape index (κ1) is 13.6. The maximum absolute atomic E-state index is 11.6. The number of benzene rings is 1. The molecule has 0 unspecified atom stereocenters. The van der Waals surface area contributed by atoms with Crippen molar-refractivity contribution < 1.29 is 9.53 Å². The van der Waals surface area contributed by atoms with E-state index < -0.39 is 5.97 Å². The minimum atomic E-state index is -0.638. The molecule has 2 rings (SSSR count). The highest BCUT2D eigenvalue weighted by molar-refractivity contribution is 6.35. The van der Waals surface area contributed by atoms with Gasteiger partial charge in [-0.2, -0.15) is 0 Å². The van der Waals surface area contributed by atoms with E-state index >= 15 is 0 Å². The summed E-state index contributed by atoms with van der Waals surface area (Å²) in [6.45, 7) is 0. The van der Waals surface area contributed by atoms with Gasteiger partial charge in [0.1, 0.15) is 0 Å². The molecule has 6 heteroatoms. The molecule has 0 amide bonds. The Kier molecular flexibility index (Phi) is 3.93. The number of rotatable bonds is 2. The number of nitrogen functional groups attached to an aromatic ring is 1. The average molecular weight is 297 g/mol. The fraction of sp³-hybridized carbons (Fsp3) is 0.0769. The summed E-state index contributed by atoms with van der Waals surface area (Å²) >= 11 is 11.9. The van der Waals surface area contributed by atoms with Crippen molar-refractivity contribution in [3.05, 3.63) is 46.1 Å². The van der Waals surface area contributed by atoms with Crippen molar-refractivity contribution >= 4 is 34.9 Å². The van der Waals surface area contributed by atoms with E-state index in [9.17, 15) is 4.79 Å². The Bertz CT molecular complexity index is 645. The van der Waals surface area contributed by atoms with Gasteiger partial charge in [0.2, 0.25) is 0 Å². The van der Waals surface area contributed by atoms with Crippen LogP contribution in [0.4, 0.5) is 5.69 Å². The zero-order valence-electron chi connectivity index (χ0n) is 9.98. The molecule has 0 saturated heterocycles. The molecule has 0 aliphatic rings. The molecule has 19 heavy (non-hydrogen) atoms. The van der Waals surface area contributed by atoms with Gasteiger partial charge in [-0.15, -0.1) is 0 Å². The average Bonchev–Trinajstić information content (AvgIpc) is 2.40. The van der Waals surface area contributed by atoms with Crippen molar-refractivity contribution in [3.8, 4) is 11.3 Å². The third-order valence-corrected chi connectivity index (χ3v) is 3.12. The molecule has 0 spiro atoms. The second kappa shape index (κ2) is 5.47. The largest absolute Gasteiger partial charge is 0.464 e. The molecule has 0 radical (unpaired) electrons. The predicted molar refractivity (Wildman–Crippen MR) is 75.4 cm³/mol. The summed E-state index contributed by atoms with van der Waals surface area (Å²) in [6, 6.07) is 8.63. The van der Waals surface area contributed by atoms with E-state index in [0.29, 0.717) is 10.7 Å². The van der Waals surface area contributed by atoms with Crippen molar-refractivity contribution in [2.75, 3.05) is 12.8 Å². The van der Waals surface area contributed by atoms with Crippen LogP contribution < -0.4 is 5.73 Å². The summed E-state index contributed by atoms with van der Waals surface area (Å²) in [5, 5.41) is 0.644. The SMILES string of the molecule is COC(=O)c1nc(-c2cccc(Cl)c2)cc(N)c1Cl. The summed E-state index contributed by atoms with van der Waals surface area (Å²) in [5.74, 6) is -0.638. The molecule has 0 fully saturated rings. The highest BCUT2D eigenvalue weighted by Gasteiger charge is 2.17. The molecule has 1 aromatic carbocycles. The normalized spacial score (nSPS) is 10.3. The Morgan fingerprint density at radius 1 is 1.32 bits per heavy atom. The summed E-state index contributed by atoms with van der Waals surface area (Å²) < 4.78 is 4.62. The first-order valence-electron chi connectivity index (χ1n) is 5.33. The van der Waals surface area contributed by atoms with Crippen LogP contribution in [-0.2, 0) is 4.74 Å². The lowest BCUT2D eigenvalue weighted by Gasteiger charge is -2.08. The van der Waals surface area contributed by atoms with Crippen molar-refractivity contribution in [3.63, 3.8) is 0 Å². The van der Waals surface area contributed by atoms with Gasteiger partial charge in [-0.1, -0.05) is 35.3 Å². The van der Waals surface area contributed by atoms with Crippen LogP contribution in [0.25, 0.3) is 11.3 Å². The van der Waals surface area contributed by atoms with Gasteiger partial charge in [-0.25, -0.2) is 9.78 Å². The first-order valence-corrected chi connectivity index (χ1v) is 6.08. The van der Waals surface area contributed by atoms with Crippen molar-refractivity contribution in [2.24, 2.45) is 0 Å². The monoisotopic (exact) mass is 296 g/mol. The molecule has 2 aromatic rings. The van der Waals surface area contributed by atoms with E-state index in [2.05, 4.69) is 9.72 Å². The predicted octanol–water partition coefficient (Wildman–Crippen LogP) is 3.42. The topological polar surface area (TPSA) is 65.2 Å². The molecule has 2 N–H and O–H groups in total. The fourth-order valence-electron chi connectivity index (χ4n) is 1.58. The number of methoxy groups -OCH3 is 1. The number of anilines is 1. The Hall–Kier alpha value is -1.78. The van der Waals surface area contributed by atoms with E-state index in [-0.39, 0.29) is 16.4 Å². The zero-order valence-corrected chi connectivity index (χ0v) is 11.5. The van der Waals surface area contributed by atoms with Gasteiger partial charge >= 0.3 is 5.97 Å². The molecular weight excluding hydrogens is 287 g/mol. The van der Waals surface area contributed by atoms with Gasteiger partial charge in [0, 0.05) is 10.6 Å². The van der Waals surface area contributed by atoms with Gasteiger partial charge < -0.3 is 10.5 Å². The number of carbonyl (C=O) groups is 1. The lowest BCUT2D eigenvalue weighted by Crippen LogP contribution is -2.08. The lowest BCUT2D eigenvalue weighted by atomic mass is 10.1. The molecule has 1 aromatic heterocycles. The van der Waals surface area contributed by atoms with Gasteiger partial charge in [0.25, 0.3) is 0 Å². The van der Waals surface area contributed by atoms with Crippen molar-refractivity contribution in [1.82, 2.24) is 4.98 Å². The second-order valence-electron chi connectivity index (χ2n) is 3.76. The number of halogens is 2. The summed E-state index contributed by atoms with van der Waals surface area (Å²) in [5.41, 5.74) is 7.26. The molecule has 0 saturated carbocycles. The third-order valence-electron chi connectivity index (χ3n) is 2.48. The first-order chi connectivity index (χ1) is 9.02. The number of nitrogens with two attached hydrogens (primary N) is 1. The smallest absolute Gasteiger partial charge is 0.358 e. The minimum absolute atomic E-state index is 0.0147. The van der Waals surface area contributed by atoms with Crippen LogP contribution in [-0.4, -0.2) is 18.1 Å². The van der Waals surface area contributed by atoms with Crippen LogP contribution in [0.15, 0.2) is 30.3 Å². The number of aromatic nitrogens is 1. The molecule has 0 aliphatic carbocycles. The third kappa shape index (κ3) is 2.80. The highest BCUT2D eigenvalue weighted by atomic mass is 35.5. The number of esters is 1. The van der Waals surface area contributed by atoms with E-state index in [0.717, 1.165) is 5.56 Å². The van der Waals surface area contributed by atoms with Gasteiger partial charge in [0.15, 0.2) is 5.69 Å². The molecular formula is C13H10Cl2N2O2. The van der Waals surface area contributed by atoms with E-state index in [1.165, 1.54) is 7.11 Å². The molecule has 1 heterocycles. The van der Waals surface area contributed by atoms with Gasteiger partial charge in [0.05, 0.1) is 23.5 Å². The summed E-state index contributed by atoms with van der Waals surface area (Å²) in [7, 11) is 1.25. The number of nitrogens with zero attached hydrogens (tertiary/aromatic N) is 1. The van der Waals surface area contributed by atoms with Crippen molar-refractivity contribution in [1.29, 1.82) is 0 Å². The summed E-state index contributed by atoms with van der Waals surface area (Å²) in [6.07, 6.45) is 0. The molecule has 4 nitrogen and oxygen atoms in total.